The van der Waals surface area contributed by atoms with E-state index >= 15 is 0 Å². The summed E-state index contributed by atoms with van der Waals surface area (Å²) in [6, 6.07) is 9.94. The molecule has 3 heterocycles. The van der Waals surface area contributed by atoms with Gasteiger partial charge in [0.2, 0.25) is 11.8 Å². The Hall–Kier alpha value is -2.71. The number of amides is 2. The van der Waals surface area contributed by atoms with Crippen LogP contribution in [0.5, 0.6) is 0 Å². The number of likely N-dealkylation sites (tertiary alicyclic amines) is 2. The molecule has 3 aliphatic heterocycles. The monoisotopic (exact) mass is 568 g/mol. The maximum absolute atomic E-state index is 14.1. The minimum absolute atomic E-state index is 0.00983. The lowest BCUT2D eigenvalue weighted by Crippen LogP contribution is -2.60. The van der Waals surface area contributed by atoms with Gasteiger partial charge in [0.15, 0.2) is 0 Å². The predicted octanol–water partition coefficient (Wildman–Crippen LogP) is 5.26. The predicted molar refractivity (Wildman–Crippen MR) is 157 cm³/mol. The number of carbonyl (C=O) groups excluding carboxylic acids is 3. The number of ether oxygens (including phenoxy) is 3. The quantitative estimate of drug-likeness (QED) is 0.225. The van der Waals surface area contributed by atoms with Gasteiger partial charge >= 0.3 is 5.97 Å². The summed E-state index contributed by atoms with van der Waals surface area (Å²) in [5.74, 6) is -1.10. The number of esters is 1. The summed E-state index contributed by atoms with van der Waals surface area (Å²) < 4.78 is 17.8. The number of unbranched alkanes of at least 4 members (excludes halogenated alkanes) is 5. The molecule has 1 aromatic carbocycles. The fourth-order valence-electron chi connectivity index (χ4n) is 6.60. The topological polar surface area (TPSA) is 85.4 Å². The number of hydrogen-bond donors (Lipinski definition) is 0. The first kappa shape index (κ1) is 31.2. The Balaban J connectivity index is 1.58. The van der Waals surface area contributed by atoms with Gasteiger partial charge in [0.1, 0.15) is 11.5 Å². The Morgan fingerprint density at radius 1 is 1.05 bits per heavy atom. The van der Waals surface area contributed by atoms with E-state index in [1.54, 1.807) is 4.90 Å². The molecule has 2 saturated heterocycles. The Bertz CT molecular complexity index is 1050. The first-order valence-electron chi connectivity index (χ1n) is 15.6. The first-order chi connectivity index (χ1) is 19.9. The lowest BCUT2D eigenvalue weighted by atomic mass is 9.66. The highest BCUT2D eigenvalue weighted by Gasteiger charge is 2.59. The number of rotatable bonds is 14. The zero-order valence-electron chi connectivity index (χ0n) is 25.1. The molecule has 0 saturated carbocycles. The molecular weight excluding hydrogens is 520 g/mol. The van der Waals surface area contributed by atoms with Gasteiger partial charge in [-0.25, -0.2) is 0 Å². The zero-order chi connectivity index (χ0) is 29.2. The van der Waals surface area contributed by atoms with Crippen LogP contribution >= 0.6 is 0 Å². The normalized spacial score (nSPS) is 26.1. The Labute approximate surface area is 245 Å². The summed E-state index contributed by atoms with van der Waals surface area (Å²) in [7, 11) is 1.38. The molecule has 8 heteroatoms. The molecule has 2 amide bonds. The second-order valence-corrected chi connectivity index (χ2v) is 11.8. The van der Waals surface area contributed by atoms with Gasteiger partial charge in [0.05, 0.1) is 26.4 Å². The van der Waals surface area contributed by atoms with Gasteiger partial charge in [-0.05, 0) is 44.2 Å². The third-order valence-corrected chi connectivity index (χ3v) is 8.91. The van der Waals surface area contributed by atoms with Crippen molar-refractivity contribution in [3.8, 4) is 0 Å². The summed E-state index contributed by atoms with van der Waals surface area (Å²) in [5, 5.41) is 0. The van der Waals surface area contributed by atoms with E-state index in [4.69, 9.17) is 14.2 Å². The van der Waals surface area contributed by atoms with E-state index in [9.17, 15) is 14.4 Å². The Morgan fingerprint density at radius 2 is 1.76 bits per heavy atom. The van der Waals surface area contributed by atoms with Gasteiger partial charge in [0, 0.05) is 37.7 Å². The highest BCUT2D eigenvalue weighted by molar-refractivity contribution is 5.92. The zero-order valence-corrected chi connectivity index (χ0v) is 25.1. The highest BCUT2D eigenvalue weighted by atomic mass is 16.5. The van der Waals surface area contributed by atoms with Crippen molar-refractivity contribution in [1.82, 2.24) is 9.80 Å². The van der Waals surface area contributed by atoms with E-state index in [-0.39, 0.29) is 24.7 Å². The number of hydrogen-bond acceptors (Lipinski definition) is 6. The molecule has 0 unspecified atom stereocenters. The van der Waals surface area contributed by atoms with E-state index in [2.05, 4.69) is 6.92 Å². The van der Waals surface area contributed by atoms with Gasteiger partial charge in [0.25, 0.3) is 0 Å². The molecular formula is C33H48N2O6. The average molecular weight is 569 g/mol. The van der Waals surface area contributed by atoms with Crippen molar-refractivity contribution in [2.45, 2.75) is 96.9 Å². The van der Waals surface area contributed by atoms with Crippen molar-refractivity contribution in [2.24, 2.45) is 11.3 Å². The van der Waals surface area contributed by atoms with Crippen LogP contribution in [0.1, 0.15) is 83.6 Å². The Kier molecular flexibility index (Phi) is 11.4. The number of benzene rings is 1. The second kappa shape index (κ2) is 15.0. The maximum atomic E-state index is 14.1. The summed E-state index contributed by atoms with van der Waals surface area (Å²) >= 11 is 0. The molecule has 0 bridgehead atoms. The van der Waals surface area contributed by atoms with Crippen LogP contribution in [0.2, 0.25) is 0 Å². The highest BCUT2D eigenvalue weighted by Crippen LogP contribution is 2.50. The standard InChI is InChI=1S/C33H48N2O6/c1-4-5-6-7-8-12-19-35-29-21-28(24-40-23-26-15-10-9-11-16-26)41-25(2)33(29,32(38)39-3)22-27(31(35)37)20-30(36)34-17-13-14-18-34/h9-11,15-16,21,25,27-28H,4-8,12-14,17-20,22-24H2,1-3H3/t25-,27+,28-,33+/m1/s1. The summed E-state index contributed by atoms with van der Waals surface area (Å²) in [6.07, 6.45) is 9.75. The van der Waals surface area contributed by atoms with Crippen LogP contribution in [-0.4, -0.2) is 73.1 Å². The molecule has 0 aliphatic carbocycles. The van der Waals surface area contributed by atoms with Crippen molar-refractivity contribution < 1.29 is 28.6 Å². The maximum Gasteiger partial charge on any atom is 0.320 e. The average Bonchev–Trinajstić information content (AvgIpc) is 3.52. The molecule has 41 heavy (non-hydrogen) atoms. The van der Waals surface area contributed by atoms with Crippen molar-refractivity contribution in [3.05, 3.63) is 47.7 Å². The minimum atomic E-state index is -1.16. The number of piperidine rings is 1. The molecule has 0 radical (unpaired) electrons. The Morgan fingerprint density at radius 3 is 2.46 bits per heavy atom. The fraction of sp³-hybridized carbons (Fsp3) is 0.667. The van der Waals surface area contributed by atoms with Crippen molar-refractivity contribution in [2.75, 3.05) is 33.4 Å². The molecule has 8 nitrogen and oxygen atoms in total. The third kappa shape index (κ3) is 7.39. The molecule has 1 aromatic rings. The van der Waals surface area contributed by atoms with Crippen LogP contribution in [0.25, 0.3) is 0 Å². The van der Waals surface area contributed by atoms with Crippen molar-refractivity contribution in [1.29, 1.82) is 0 Å². The number of carbonyl (C=O) groups is 3. The van der Waals surface area contributed by atoms with E-state index in [0.29, 0.717) is 25.5 Å². The van der Waals surface area contributed by atoms with Gasteiger partial charge in [-0.1, -0.05) is 69.4 Å². The lowest BCUT2D eigenvalue weighted by Gasteiger charge is -2.51. The van der Waals surface area contributed by atoms with Crippen LogP contribution in [0, 0.1) is 11.3 Å². The molecule has 0 spiro atoms. The van der Waals surface area contributed by atoms with E-state index in [1.165, 1.54) is 26.4 Å². The fourth-order valence-corrected chi connectivity index (χ4v) is 6.60. The minimum Gasteiger partial charge on any atom is -0.468 e. The van der Waals surface area contributed by atoms with Crippen LogP contribution < -0.4 is 0 Å². The molecule has 4 atom stereocenters. The largest absolute Gasteiger partial charge is 0.468 e. The van der Waals surface area contributed by atoms with Gasteiger partial charge < -0.3 is 24.0 Å². The van der Waals surface area contributed by atoms with E-state index in [1.807, 2.05) is 48.2 Å². The summed E-state index contributed by atoms with van der Waals surface area (Å²) in [6.45, 7) is 6.80. The molecule has 3 aliphatic rings. The molecule has 0 aromatic heterocycles. The van der Waals surface area contributed by atoms with E-state index in [0.717, 1.165) is 50.8 Å². The molecule has 2 fully saturated rings. The van der Waals surface area contributed by atoms with Crippen molar-refractivity contribution >= 4 is 17.8 Å². The molecule has 0 N–H and O–H groups in total. The summed E-state index contributed by atoms with van der Waals surface area (Å²) in [4.78, 5) is 44.5. The van der Waals surface area contributed by atoms with Gasteiger partial charge in [-0.3, -0.25) is 14.4 Å². The van der Waals surface area contributed by atoms with Crippen LogP contribution in [-0.2, 0) is 35.2 Å². The number of nitrogens with zero attached hydrogens (tertiary/aromatic N) is 2. The first-order valence-corrected chi connectivity index (χ1v) is 15.6. The SMILES string of the molecule is CCCCCCCCN1C(=O)[C@@H](CC(=O)N2CCCC2)C[C@@]2(C(=O)OC)C1=C[C@H](COCc1ccccc1)O[C@@H]2C. The van der Waals surface area contributed by atoms with E-state index < -0.39 is 29.5 Å². The van der Waals surface area contributed by atoms with Crippen LogP contribution in [0.15, 0.2) is 42.1 Å². The van der Waals surface area contributed by atoms with Gasteiger partial charge in [-0.2, -0.15) is 0 Å². The van der Waals surface area contributed by atoms with Crippen molar-refractivity contribution in [3.63, 3.8) is 0 Å². The van der Waals surface area contributed by atoms with Gasteiger partial charge in [-0.15, -0.1) is 0 Å². The van der Waals surface area contributed by atoms with Crippen LogP contribution in [0.3, 0.4) is 0 Å². The smallest absolute Gasteiger partial charge is 0.320 e. The number of methoxy groups -OCH3 is 1. The summed E-state index contributed by atoms with van der Waals surface area (Å²) in [5.41, 5.74) is 0.562. The molecule has 226 valence electrons. The third-order valence-electron chi connectivity index (χ3n) is 8.91. The number of fused-ring (bicyclic) bond motifs is 1. The molecule has 4 rings (SSSR count). The second-order valence-electron chi connectivity index (χ2n) is 11.8. The lowest BCUT2D eigenvalue weighted by molar-refractivity contribution is -0.178. The van der Waals surface area contributed by atoms with Crippen LogP contribution in [0.4, 0.5) is 0 Å².